The maximum Gasteiger partial charge on any atom is 0.262 e. The Kier molecular flexibility index (Phi) is 6.88. The van der Waals surface area contributed by atoms with Gasteiger partial charge in [-0.05, 0) is 80.4 Å². The minimum Gasteiger partial charge on any atom is -0.496 e. The van der Waals surface area contributed by atoms with Crippen molar-refractivity contribution < 1.29 is 13.2 Å². The first-order valence-corrected chi connectivity index (χ1v) is 12.4. The fourth-order valence-corrected chi connectivity index (χ4v) is 4.96. The molecule has 0 aliphatic carbocycles. The molecule has 3 N–H and O–H groups in total. The SMILES string of the molecule is COc1cc(C)c(S(=O)(=O)Nc2ccc(Nc3nc(C)cc(Nc4ccccc4)n3)cc2)cc1C. The summed E-state index contributed by atoms with van der Waals surface area (Å²) < 4.78 is 33.9. The molecular formula is C26H27N5O3S. The summed E-state index contributed by atoms with van der Waals surface area (Å²) in [6.07, 6.45) is 0. The van der Waals surface area contributed by atoms with Gasteiger partial charge in [0.25, 0.3) is 10.0 Å². The van der Waals surface area contributed by atoms with Gasteiger partial charge in [-0.25, -0.2) is 13.4 Å². The number of rotatable bonds is 8. The first-order valence-electron chi connectivity index (χ1n) is 11.0. The van der Waals surface area contributed by atoms with Crippen molar-refractivity contribution in [2.45, 2.75) is 25.7 Å². The van der Waals surface area contributed by atoms with E-state index in [2.05, 4.69) is 25.3 Å². The number of aryl methyl sites for hydroxylation is 3. The minimum absolute atomic E-state index is 0.213. The Hall–Kier alpha value is -4.11. The van der Waals surface area contributed by atoms with Gasteiger partial charge in [0, 0.05) is 28.8 Å². The normalized spacial score (nSPS) is 11.1. The van der Waals surface area contributed by atoms with Gasteiger partial charge in [0.05, 0.1) is 12.0 Å². The van der Waals surface area contributed by atoms with Crippen molar-refractivity contribution in [2.24, 2.45) is 0 Å². The van der Waals surface area contributed by atoms with Crippen molar-refractivity contribution in [3.8, 4) is 5.75 Å². The van der Waals surface area contributed by atoms with Crippen LogP contribution in [-0.2, 0) is 10.0 Å². The Morgan fingerprint density at radius 1 is 0.743 bits per heavy atom. The fourth-order valence-electron chi connectivity index (χ4n) is 3.59. The molecule has 0 fully saturated rings. The van der Waals surface area contributed by atoms with Crippen molar-refractivity contribution in [2.75, 3.05) is 22.5 Å². The lowest BCUT2D eigenvalue weighted by atomic mass is 10.1. The molecule has 1 aromatic heterocycles. The van der Waals surface area contributed by atoms with E-state index in [4.69, 9.17) is 4.74 Å². The molecule has 8 nitrogen and oxygen atoms in total. The molecule has 0 atom stereocenters. The predicted octanol–water partition coefficient (Wildman–Crippen LogP) is 5.70. The Morgan fingerprint density at radius 2 is 1.40 bits per heavy atom. The number of sulfonamides is 1. The van der Waals surface area contributed by atoms with Gasteiger partial charge in [-0.1, -0.05) is 18.2 Å². The average molecular weight is 490 g/mol. The predicted molar refractivity (Wildman–Crippen MR) is 139 cm³/mol. The van der Waals surface area contributed by atoms with E-state index in [0.717, 1.165) is 22.6 Å². The molecule has 1 heterocycles. The topological polar surface area (TPSA) is 105 Å². The maximum absolute atomic E-state index is 13.0. The van der Waals surface area contributed by atoms with Crippen LogP contribution in [-0.4, -0.2) is 25.5 Å². The zero-order valence-electron chi connectivity index (χ0n) is 20.0. The number of anilines is 5. The minimum atomic E-state index is -3.76. The molecule has 0 unspecified atom stereocenters. The Bertz CT molecular complexity index is 1440. The number of methoxy groups -OCH3 is 1. The second-order valence-corrected chi connectivity index (χ2v) is 9.76. The molecule has 4 rings (SSSR count). The van der Waals surface area contributed by atoms with Crippen LogP contribution in [0.3, 0.4) is 0 Å². The molecule has 0 aliphatic heterocycles. The van der Waals surface area contributed by atoms with E-state index >= 15 is 0 Å². The van der Waals surface area contributed by atoms with E-state index in [1.54, 1.807) is 50.4 Å². The number of benzene rings is 3. The molecule has 0 radical (unpaired) electrons. The van der Waals surface area contributed by atoms with Gasteiger partial charge in [-0.3, -0.25) is 4.72 Å². The van der Waals surface area contributed by atoms with E-state index in [1.807, 2.05) is 50.2 Å². The van der Waals surface area contributed by atoms with Crippen LogP contribution in [0.4, 0.5) is 28.8 Å². The zero-order chi connectivity index (χ0) is 25.0. The lowest BCUT2D eigenvalue weighted by Gasteiger charge is -2.14. The summed E-state index contributed by atoms with van der Waals surface area (Å²) >= 11 is 0. The molecule has 9 heteroatoms. The van der Waals surface area contributed by atoms with Crippen LogP contribution in [0.2, 0.25) is 0 Å². The molecule has 0 bridgehead atoms. The molecule has 0 saturated carbocycles. The van der Waals surface area contributed by atoms with Crippen molar-refractivity contribution in [1.29, 1.82) is 0 Å². The molecule has 0 amide bonds. The molecule has 0 spiro atoms. The number of nitrogens with one attached hydrogen (secondary N) is 3. The monoisotopic (exact) mass is 489 g/mol. The highest BCUT2D eigenvalue weighted by Crippen LogP contribution is 2.28. The van der Waals surface area contributed by atoms with E-state index in [1.165, 1.54) is 0 Å². The highest BCUT2D eigenvalue weighted by atomic mass is 32.2. The van der Waals surface area contributed by atoms with Crippen LogP contribution in [0, 0.1) is 20.8 Å². The number of hydrogen-bond acceptors (Lipinski definition) is 7. The Morgan fingerprint density at radius 3 is 2.09 bits per heavy atom. The third-order valence-electron chi connectivity index (χ3n) is 5.28. The highest BCUT2D eigenvalue weighted by Gasteiger charge is 2.19. The molecule has 0 saturated heterocycles. The van der Waals surface area contributed by atoms with Crippen LogP contribution >= 0.6 is 0 Å². The first-order chi connectivity index (χ1) is 16.7. The smallest absolute Gasteiger partial charge is 0.262 e. The standard InChI is InChI=1S/C26H27N5O3S/c1-17-15-24(18(2)14-23(17)34-4)35(32,33)31-22-12-10-21(11-13-22)29-26-27-19(3)16-25(30-26)28-20-8-6-5-7-9-20/h5-16,31H,1-4H3,(H2,27,28,29,30). The first kappa shape index (κ1) is 24.0. The summed E-state index contributed by atoms with van der Waals surface area (Å²) in [4.78, 5) is 9.18. The zero-order valence-corrected chi connectivity index (χ0v) is 20.8. The summed E-state index contributed by atoms with van der Waals surface area (Å²) in [6, 6.07) is 21.9. The second-order valence-electron chi connectivity index (χ2n) is 8.10. The largest absolute Gasteiger partial charge is 0.496 e. The van der Waals surface area contributed by atoms with Crippen molar-refractivity contribution >= 4 is 38.9 Å². The van der Waals surface area contributed by atoms with Gasteiger partial charge in [0.2, 0.25) is 5.95 Å². The lowest BCUT2D eigenvalue weighted by Crippen LogP contribution is -2.14. The number of aromatic nitrogens is 2. The van der Waals surface area contributed by atoms with Gasteiger partial charge in [0.15, 0.2) is 0 Å². The summed E-state index contributed by atoms with van der Waals surface area (Å²) in [6.45, 7) is 5.45. The third-order valence-corrected chi connectivity index (χ3v) is 6.80. The molecule has 35 heavy (non-hydrogen) atoms. The lowest BCUT2D eigenvalue weighted by molar-refractivity contribution is 0.411. The van der Waals surface area contributed by atoms with E-state index in [0.29, 0.717) is 28.8 Å². The number of nitrogens with zero attached hydrogens (tertiary/aromatic N) is 2. The molecule has 0 aliphatic rings. The van der Waals surface area contributed by atoms with Crippen molar-refractivity contribution in [3.63, 3.8) is 0 Å². The van der Waals surface area contributed by atoms with Gasteiger partial charge >= 0.3 is 0 Å². The number of ether oxygens (including phenoxy) is 1. The average Bonchev–Trinajstić information content (AvgIpc) is 2.81. The summed E-state index contributed by atoms with van der Waals surface area (Å²) in [7, 11) is -2.20. The van der Waals surface area contributed by atoms with Crippen molar-refractivity contribution in [3.05, 3.63) is 89.6 Å². The fraction of sp³-hybridized carbons (Fsp3) is 0.154. The Labute approximate surface area is 205 Å². The van der Waals surface area contributed by atoms with Crippen LogP contribution in [0.25, 0.3) is 0 Å². The molecule has 180 valence electrons. The van der Waals surface area contributed by atoms with Crippen LogP contribution in [0.1, 0.15) is 16.8 Å². The highest BCUT2D eigenvalue weighted by molar-refractivity contribution is 7.92. The third kappa shape index (κ3) is 5.88. The molecular weight excluding hydrogens is 462 g/mol. The summed E-state index contributed by atoms with van der Waals surface area (Å²) in [5, 5.41) is 6.43. The van der Waals surface area contributed by atoms with Gasteiger partial charge in [0.1, 0.15) is 11.6 Å². The quantitative estimate of drug-likeness (QED) is 0.292. The number of hydrogen-bond donors (Lipinski definition) is 3. The van der Waals surface area contributed by atoms with Crippen LogP contribution in [0.5, 0.6) is 5.75 Å². The van der Waals surface area contributed by atoms with Gasteiger partial charge in [-0.2, -0.15) is 4.98 Å². The van der Waals surface area contributed by atoms with E-state index in [-0.39, 0.29) is 4.90 Å². The Balaban J connectivity index is 1.48. The maximum atomic E-state index is 13.0. The van der Waals surface area contributed by atoms with Crippen molar-refractivity contribution in [1.82, 2.24) is 9.97 Å². The molecule has 4 aromatic rings. The molecule has 3 aromatic carbocycles. The number of para-hydroxylation sites is 1. The second kappa shape index (κ2) is 10.0. The van der Waals surface area contributed by atoms with E-state index < -0.39 is 10.0 Å². The summed E-state index contributed by atoms with van der Waals surface area (Å²) in [5.74, 6) is 1.75. The van der Waals surface area contributed by atoms with Gasteiger partial charge in [-0.15, -0.1) is 0 Å². The van der Waals surface area contributed by atoms with Crippen LogP contribution in [0.15, 0.2) is 77.7 Å². The van der Waals surface area contributed by atoms with Gasteiger partial charge < -0.3 is 15.4 Å². The van der Waals surface area contributed by atoms with Crippen LogP contribution < -0.4 is 20.1 Å². The van der Waals surface area contributed by atoms with E-state index in [9.17, 15) is 8.42 Å². The summed E-state index contributed by atoms with van der Waals surface area (Å²) in [5.41, 5.74) is 4.25.